The molecule has 7 heteroatoms. The Labute approximate surface area is 201 Å². The van der Waals surface area contributed by atoms with E-state index < -0.39 is 23.4 Å². The van der Waals surface area contributed by atoms with Crippen LogP contribution in [0.2, 0.25) is 0 Å². The van der Waals surface area contributed by atoms with Crippen molar-refractivity contribution in [1.29, 1.82) is 0 Å². The zero-order chi connectivity index (χ0) is 24.2. The minimum atomic E-state index is -0.705. The zero-order valence-corrected chi connectivity index (χ0v) is 20.4. The van der Waals surface area contributed by atoms with E-state index in [9.17, 15) is 14.4 Å². The molecule has 0 unspecified atom stereocenters. The van der Waals surface area contributed by atoms with Gasteiger partial charge in [0.25, 0.3) is 5.91 Å². The summed E-state index contributed by atoms with van der Waals surface area (Å²) in [4.78, 5) is 37.5. The van der Waals surface area contributed by atoms with Crippen LogP contribution in [0.5, 0.6) is 5.75 Å². The lowest BCUT2D eigenvalue weighted by molar-refractivity contribution is -0.131. The van der Waals surface area contributed by atoms with E-state index in [-0.39, 0.29) is 22.6 Å². The molecule has 0 saturated carbocycles. The highest BCUT2D eigenvalue weighted by Crippen LogP contribution is 2.30. The van der Waals surface area contributed by atoms with E-state index in [1.165, 1.54) is 13.0 Å². The topological polar surface area (TPSA) is 81.7 Å². The van der Waals surface area contributed by atoms with Crippen LogP contribution < -0.4 is 10.1 Å². The van der Waals surface area contributed by atoms with Gasteiger partial charge in [-0.15, -0.1) is 0 Å². The fraction of sp³-hybridized carbons (Fsp3) is 0.192. The number of esters is 2. The smallest absolute Gasteiger partial charge is 0.340 e. The summed E-state index contributed by atoms with van der Waals surface area (Å²) in [6.07, 6.45) is 0. The minimum absolute atomic E-state index is 0.112. The fourth-order valence-electron chi connectivity index (χ4n) is 3.08. The van der Waals surface area contributed by atoms with Crippen LogP contribution in [-0.2, 0) is 9.53 Å². The molecule has 0 aliphatic heterocycles. The summed E-state index contributed by atoms with van der Waals surface area (Å²) in [6.45, 7) is 6.57. The van der Waals surface area contributed by atoms with Gasteiger partial charge in [0, 0.05) is 11.4 Å². The van der Waals surface area contributed by atoms with Crippen LogP contribution in [0.15, 0.2) is 71.2 Å². The molecule has 0 bridgehead atoms. The zero-order valence-electron chi connectivity index (χ0n) is 18.8. The van der Waals surface area contributed by atoms with E-state index in [4.69, 9.17) is 9.47 Å². The quantitative estimate of drug-likeness (QED) is 0.324. The number of carbonyl (C=O) groups is 3. The van der Waals surface area contributed by atoms with Crippen molar-refractivity contribution in [3.05, 3.63) is 82.3 Å². The summed E-state index contributed by atoms with van der Waals surface area (Å²) in [6, 6.07) is 19.5. The largest absolute Gasteiger partial charge is 0.456 e. The Morgan fingerprint density at radius 3 is 2.18 bits per heavy atom. The summed E-state index contributed by atoms with van der Waals surface area (Å²) >= 11 is 3.33. The lowest BCUT2D eigenvalue weighted by Crippen LogP contribution is -2.25. The van der Waals surface area contributed by atoms with Crippen molar-refractivity contribution in [1.82, 2.24) is 0 Å². The first kappa shape index (κ1) is 24.2. The Bertz CT molecular complexity index is 1200. The Balaban J connectivity index is 2.04. The van der Waals surface area contributed by atoms with Crippen LogP contribution in [0, 0.1) is 0 Å². The van der Waals surface area contributed by atoms with Gasteiger partial charge in [0.15, 0.2) is 0 Å². The molecule has 0 aliphatic carbocycles. The number of nitrogens with one attached hydrogen (secondary N) is 1. The molecule has 0 radical (unpaired) electrons. The second-order valence-electron chi connectivity index (χ2n) is 8.32. The van der Waals surface area contributed by atoms with Crippen molar-refractivity contribution in [3.63, 3.8) is 0 Å². The van der Waals surface area contributed by atoms with Crippen LogP contribution in [0.25, 0.3) is 11.1 Å². The maximum Gasteiger partial charge on any atom is 0.340 e. The van der Waals surface area contributed by atoms with E-state index >= 15 is 0 Å². The van der Waals surface area contributed by atoms with Gasteiger partial charge in [-0.2, -0.15) is 0 Å². The third kappa shape index (κ3) is 6.52. The van der Waals surface area contributed by atoms with Gasteiger partial charge in [-0.05, 0) is 62.2 Å². The van der Waals surface area contributed by atoms with E-state index in [1.54, 1.807) is 51.1 Å². The van der Waals surface area contributed by atoms with Crippen LogP contribution in [0.1, 0.15) is 48.4 Å². The van der Waals surface area contributed by atoms with Gasteiger partial charge in [-0.1, -0.05) is 52.3 Å². The van der Waals surface area contributed by atoms with Crippen molar-refractivity contribution in [3.8, 4) is 16.9 Å². The van der Waals surface area contributed by atoms with Crippen LogP contribution in [0.3, 0.4) is 0 Å². The molecule has 0 aromatic heterocycles. The van der Waals surface area contributed by atoms with Crippen LogP contribution in [-0.4, -0.2) is 23.4 Å². The molecular weight excluding hydrogens is 486 g/mol. The SMILES string of the molecule is CC(=O)Oc1ccc(Br)cc1C(=O)Nc1cc(-c2ccccc2)ccc1C(=O)OC(C)(C)C. The molecule has 3 aromatic rings. The van der Waals surface area contributed by atoms with E-state index in [2.05, 4.69) is 21.2 Å². The normalized spacial score (nSPS) is 10.9. The number of rotatable bonds is 5. The lowest BCUT2D eigenvalue weighted by atomic mass is 10.0. The molecule has 0 saturated heterocycles. The monoisotopic (exact) mass is 509 g/mol. The van der Waals surface area contributed by atoms with Gasteiger partial charge >= 0.3 is 11.9 Å². The summed E-state index contributed by atoms with van der Waals surface area (Å²) in [5, 5.41) is 2.79. The Kier molecular flexibility index (Phi) is 7.33. The van der Waals surface area contributed by atoms with Gasteiger partial charge in [0.1, 0.15) is 11.4 Å². The van der Waals surface area contributed by atoms with Gasteiger partial charge in [-0.3, -0.25) is 9.59 Å². The molecule has 170 valence electrons. The molecule has 0 atom stereocenters. The average molecular weight is 510 g/mol. The fourth-order valence-corrected chi connectivity index (χ4v) is 3.44. The first-order valence-corrected chi connectivity index (χ1v) is 11.0. The summed E-state index contributed by atoms with van der Waals surface area (Å²) < 4.78 is 11.3. The molecule has 3 rings (SSSR count). The number of anilines is 1. The minimum Gasteiger partial charge on any atom is -0.456 e. The molecule has 0 aliphatic rings. The Hall–Kier alpha value is -3.45. The summed E-state index contributed by atoms with van der Waals surface area (Å²) in [5.74, 6) is -1.54. The highest BCUT2D eigenvalue weighted by molar-refractivity contribution is 9.10. The van der Waals surface area contributed by atoms with Crippen LogP contribution in [0.4, 0.5) is 5.69 Å². The predicted octanol–water partition coefficient (Wildman–Crippen LogP) is 6.25. The second kappa shape index (κ2) is 10.0. The second-order valence-corrected chi connectivity index (χ2v) is 9.23. The van der Waals surface area contributed by atoms with Crippen molar-refractivity contribution in [2.45, 2.75) is 33.3 Å². The number of ether oxygens (including phenoxy) is 2. The highest BCUT2D eigenvalue weighted by atomic mass is 79.9. The standard InChI is InChI=1S/C26H24BrNO5/c1-16(29)32-23-13-11-19(27)15-21(23)24(30)28-22-14-18(17-8-6-5-7-9-17)10-12-20(22)25(31)33-26(2,3)4/h5-15H,1-4H3,(H,28,30). The molecule has 6 nitrogen and oxygen atoms in total. The van der Waals surface area contributed by atoms with Crippen molar-refractivity contribution < 1.29 is 23.9 Å². The molecule has 0 heterocycles. The number of hydrogen-bond donors (Lipinski definition) is 1. The maximum absolute atomic E-state index is 13.2. The summed E-state index contributed by atoms with van der Waals surface area (Å²) in [5.41, 5.74) is 1.66. The van der Waals surface area contributed by atoms with Gasteiger partial charge in [0.2, 0.25) is 0 Å². The third-order valence-corrected chi connectivity index (χ3v) is 4.93. The molecule has 0 fully saturated rings. The van der Waals surface area contributed by atoms with Gasteiger partial charge in [-0.25, -0.2) is 4.79 Å². The molecule has 1 amide bonds. The average Bonchev–Trinajstić information content (AvgIpc) is 2.74. The van der Waals surface area contributed by atoms with Crippen molar-refractivity contribution >= 4 is 39.5 Å². The molecule has 0 spiro atoms. The first-order chi connectivity index (χ1) is 15.5. The lowest BCUT2D eigenvalue weighted by Gasteiger charge is -2.21. The number of hydrogen-bond acceptors (Lipinski definition) is 5. The van der Waals surface area contributed by atoms with Gasteiger partial charge in [0.05, 0.1) is 16.8 Å². The third-order valence-electron chi connectivity index (χ3n) is 4.43. The molecule has 33 heavy (non-hydrogen) atoms. The van der Waals surface area contributed by atoms with Crippen LogP contribution >= 0.6 is 15.9 Å². The first-order valence-electron chi connectivity index (χ1n) is 10.3. The predicted molar refractivity (Wildman–Crippen MR) is 130 cm³/mol. The maximum atomic E-state index is 13.2. The number of carbonyl (C=O) groups excluding carboxylic acids is 3. The van der Waals surface area contributed by atoms with Crippen molar-refractivity contribution in [2.24, 2.45) is 0 Å². The highest BCUT2D eigenvalue weighted by Gasteiger charge is 2.23. The Morgan fingerprint density at radius 2 is 1.55 bits per heavy atom. The summed E-state index contributed by atoms with van der Waals surface area (Å²) in [7, 11) is 0. The number of amides is 1. The number of halogens is 1. The molecule has 1 N–H and O–H groups in total. The molecule has 3 aromatic carbocycles. The van der Waals surface area contributed by atoms with E-state index in [0.29, 0.717) is 4.47 Å². The van der Waals surface area contributed by atoms with E-state index in [1.807, 2.05) is 30.3 Å². The van der Waals surface area contributed by atoms with E-state index in [0.717, 1.165) is 11.1 Å². The number of benzene rings is 3. The van der Waals surface area contributed by atoms with Gasteiger partial charge < -0.3 is 14.8 Å². The Morgan fingerprint density at radius 1 is 0.848 bits per heavy atom. The van der Waals surface area contributed by atoms with Crippen molar-refractivity contribution in [2.75, 3.05) is 5.32 Å². The molecular formula is C26H24BrNO5.